The lowest BCUT2D eigenvalue weighted by Gasteiger charge is -2.21. The maximum atomic E-state index is 13.5. The molecule has 0 unspecified atom stereocenters. The molecule has 1 aliphatic carbocycles. The molecule has 1 fully saturated rings. The average Bonchev–Trinajstić information content (AvgIpc) is 2.63. The third-order valence-corrected chi connectivity index (χ3v) is 4.30. The third kappa shape index (κ3) is 2.56. The van der Waals surface area contributed by atoms with Crippen molar-refractivity contribution in [2.45, 2.75) is 38.6 Å². The second-order valence-electron chi connectivity index (χ2n) is 5.05. The highest BCUT2D eigenvalue weighted by molar-refractivity contribution is 9.10. The molecule has 5 heteroatoms. The summed E-state index contributed by atoms with van der Waals surface area (Å²) in [5.41, 5.74) is 0.897. The maximum Gasteiger partial charge on any atom is 0.154 e. The van der Waals surface area contributed by atoms with Crippen LogP contribution in [0.15, 0.2) is 22.7 Å². The van der Waals surface area contributed by atoms with Gasteiger partial charge in [0.05, 0.1) is 11.0 Å². The highest BCUT2D eigenvalue weighted by Gasteiger charge is 2.24. The van der Waals surface area contributed by atoms with Gasteiger partial charge in [0.25, 0.3) is 0 Å². The van der Waals surface area contributed by atoms with E-state index in [1.807, 2.05) is 17.7 Å². The molecule has 0 N–H and O–H groups in total. The second kappa shape index (κ2) is 5.04. The molecule has 3 rings (SSSR count). The van der Waals surface area contributed by atoms with Crippen LogP contribution in [-0.2, 0) is 6.54 Å². The zero-order valence-electron chi connectivity index (χ0n) is 10.7. The van der Waals surface area contributed by atoms with E-state index in [1.54, 1.807) is 6.07 Å². The van der Waals surface area contributed by atoms with E-state index in [-0.39, 0.29) is 5.82 Å². The van der Waals surface area contributed by atoms with Crippen molar-refractivity contribution in [2.24, 2.45) is 0 Å². The lowest BCUT2D eigenvalue weighted by atomic mass is 9.85. The molecule has 0 atom stereocenters. The Bertz CT molecular complexity index is 605. The van der Waals surface area contributed by atoms with E-state index in [0.717, 1.165) is 17.2 Å². The van der Waals surface area contributed by atoms with Gasteiger partial charge in [0, 0.05) is 5.92 Å². The zero-order chi connectivity index (χ0) is 13.4. The fourth-order valence-electron chi connectivity index (χ4n) is 2.24. The molecule has 19 heavy (non-hydrogen) atoms. The second-order valence-corrected chi connectivity index (χ2v) is 5.91. The van der Waals surface area contributed by atoms with Crippen LogP contribution in [0, 0.1) is 12.7 Å². The molecule has 1 heterocycles. The van der Waals surface area contributed by atoms with Gasteiger partial charge in [-0.1, -0.05) is 12.5 Å². The number of benzene rings is 1. The Labute approximate surface area is 120 Å². The first-order valence-corrected chi connectivity index (χ1v) is 7.28. The molecule has 0 spiro atoms. The summed E-state index contributed by atoms with van der Waals surface area (Å²) in [4.78, 5) is 4.52. The van der Waals surface area contributed by atoms with Crippen LogP contribution in [0.2, 0.25) is 0 Å². The first-order chi connectivity index (χ1) is 9.13. The van der Waals surface area contributed by atoms with Crippen LogP contribution in [0.3, 0.4) is 0 Å². The summed E-state index contributed by atoms with van der Waals surface area (Å²) in [6.07, 6.45) is 3.66. The van der Waals surface area contributed by atoms with E-state index in [4.69, 9.17) is 0 Å². The van der Waals surface area contributed by atoms with Gasteiger partial charge in [0.2, 0.25) is 0 Å². The SMILES string of the molecule is Cc1nc(C2CCC2)nn1Cc1ccc(Br)c(F)c1. The molecule has 0 bridgehead atoms. The van der Waals surface area contributed by atoms with Gasteiger partial charge in [0.15, 0.2) is 5.82 Å². The van der Waals surface area contributed by atoms with E-state index in [9.17, 15) is 4.39 Å². The minimum absolute atomic E-state index is 0.241. The van der Waals surface area contributed by atoms with Gasteiger partial charge in [-0.25, -0.2) is 14.1 Å². The Morgan fingerprint density at radius 1 is 1.42 bits per heavy atom. The summed E-state index contributed by atoms with van der Waals surface area (Å²) < 4.78 is 15.8. The monoisotopic (exact) mass is 323 g/mol. The zero-order valence-corrected chi connectivity index (χ0v) is 12.3. The van der Waals surface area contributed by atoms with Crippen LogP contribution < -0.4 is 0 Å². The van der Waals surface area contributed by atoms with Gasteiger partial charge in [-0.2, -0.15) is 5.10 Å². The molecule has 0 aliphatic heterocycles. The Morgan fingerprint density at radius 3 is 2.84 bits per heavy atom. The molecule has 1 aromatic carbocycles. The number of nitrogens with zero attached hydrogens (tertiary/aromatic N) is 3. The fraction of sp³-hybridized carbons (Fsp3) is 0.429. The van der Waals surface area contributed by atoms with E-state index in [1.165, 1.54) is 25.3 Å². The molecule has 2 aromatic rings. The number of aromatic nitrogens is 3. The van der Waals surface area contributed by atoms with Gasteiger partial charge >= 0.3 is 0 Å². The number of halogens is 2. The average molecular weight is 324 g/mol. The van der Waals surface area contributed by atoms with Gasteiger partial charge in [-0.15, -0.1) is 0 Å². The molecule has 1 saturated carbocycles. The molecule has 1 aromatic heterocycles. The topological polar surface area (TPSA) is 30.7 Å². The number of hydrogen-bond acceptors (Lipinski definition) is 2. The lowest BCUT2D eigenvalue weighted by molar-refractivity contribution is 0.399. The number of rotatable bonds is 3. The van der Waals surface area contributed by atoms with Crippen molar-refractivity contribution in [3.05, 3.63) is 45.7 Å². The first kappa shape index (κ1) is 12.8. The number of hydrogen-bond donors (Lipinski definition) is 0. The van der Waals surface area contributed by atoms with Crippen molar-refractivity contribution in [3.63, 3.8) is 0 Å². The van der Waals surface area contributed by atoms with E-state index < -0.39 is 0 Å². The predicted octanol–water partition coefficient (Wildman–Crippen LogP) is 3.80. The van der Waals surface area contributed by atoms with Crippen LogP contribution in [-0.4, -0.2) is 14.8 Å². The third-order valence-electron chi connectivity index (χ3n) is 3.66. The smallest absolute Gasteiger partial charge is 0.154 e. The van der Waals surface area contributed by atoms with E-state index in [2.05, 4.69) is 26.0 Å². The maximum absolute atomic E-state index is 13.5. The Kier molecular flexibility index (Phi) is 3.39. The van der Waals surface area contributed by atoms with Gasteiger partial charge in [-0.05, 0) is 53.4 Å². The van der Waals surface area contributed by atoms with Gasteiger partial charge in [-0.3, -0.25) is 0 Å². The Morgan fingerprint density at radius 2 is 2.21 bits per heavy atom. The minimum Gasteiger partial charge on any atom is -0.246 e. The minimum atomic E-state index is -0.241. The Hall–Kier alpha value is -1.23. The van der Waals surface area contributed by atoms with Crippen LogP contribution >= 0.6 is 15.9 Å². The van der Waals surface area contributed by atoms with Crippen LogP contribution in [0.25, 0.3) is 0 Å². The largest absolute Gasteiger partial charge is 0.246 e. The highest BCUT2D eigenvalue weighted by atomic mass is 79.9. The van der Waals surface area contributed by atoms with Crippen LogP contribution in [0.4, 0.5) is 4.39 Å². The molecule has 100 valence electrons. The van der Waals surface area contributed by atoms with Crippen molar-refractivity contribution >= 4 is 15.9 Å². The summed E-state index contributed by atoms with van der Waals surface area (Å²) in [6.45, 7) is 2.51. The molecule has 1 aliphatic rings. The van der Waals surface area contributed by atoms with E-state index >= 15 is 0 Å². The van der Waals surface area contributed by atoms with Crippen molar-refractivity contribution < 1.29 is 4.39 Å². The van der Waals surface area contributed by atoms with Crippen LogP contribution in [0.1, 0.15) is 42.4 Å². The van der Waals surface area contributed by atoms with Crippen molar-refractivity contribution in [1.29, 1.82) is 0 Å². The van der Waals surface area contributed by atoms with Crippen molar-refractivity contribution in [2.75, 3.05) is 0 Å². The van der Waals surface area contributed by atoms with Crippen molar-refractivity contribution in [1.82, 2.24) is 14.8 Å². The molecule has 0 saturated heterocycles. The van der Waals surface area contributed by atoms with Gasteiger partial charge < -0.3 is 0 Å². The Balaban J connectivity index is 1.82. The van der Waals surface area contributed by atoms with Gasteiger partial charge in [0.1, 0.15) is 11.6 Å². The molecule has 3 nitrogen and oxygen atoms in total. The molecule has 0 radical (unpaired) electrons. The normalized spacial score (nSPS) is 15.5. The fourth-order valence-corrected chi connectivity index (χ4v) is 2.49. The van der Waals surface area contributed by atoms with Crippen LogP contribution in [0.5, 0.6) is 0 Å². The quantitative estimate of drug-likeness (QED) is 0.860. The summed E-state index contributed by atoms with van der Waals surface area (Å²) in [5, 5.41) is 4.55. The summed E-state index contributed by atoms with van der Waals surface area (Å²) in [5.74, 6) is 2.13. The standard InChI is InChI=1S/C14H15BrFN3/c1-9-17-14(11-3-2-4-11)18-19(9)8-10-5-6-12(15)13(16)7-10/h5-7,11H,2-4,8H2,1H3. The molecule has 0 amide bonds. The first-order valence-electron chi connectivity index (χ1n) is 6.49. The van der Waals surface area contributed by atoms with Crippen molar-refractivity contribution in [3.8, 4) is 0 Å². The molecular weight excluding hydrogens is 309 g/mol. The number of aryl methyl sites for hydroxylation is 1. The molecular formula is C14H15BrFN3. The highest BCUT2D eigenvalue weighted by Crippen LogP contribution is 2.34. The van der Waals surface area contributed by atoms with E-state index in [0.29, 0.717) is 16.9 Å². The summed E-state index contributed by atoms with van der Waals surface area (Å²) >= 11 is 3.16. The summed E-state index contributed by atoms with van der Waals surface area (Å²) in [6, 6.07) is 5.16. The summed E-state index contributed by atoms with van der Waals surface area (Å²) in [7, 11) is 0. The predicted molar refractivity (Wildman–Crippen MR) is 74.6 cm³/mol. The lowest BCUT2D eigenvalue weighted by Crippen LogP contribution is -2.11.